The van der Waals surface area contributed by atoms with Gasteiger partial charge >= 0.3 is 5.97 Å². The quantitative estimate of drug-likeness (QED) is 0.384. The number of carbonyl (C=O) groups is 1. The van der Waals surface area contributed by atoms with E-state index in [2.05, 4.69) is 0 Å². The van der Waals surface area contributed by atoms with Crippen LogP contribution in [0.5, 0.6) is 5.75 Å². The molecule has 0 unspecified atom stereocenters. The number of esters is 1. The molecular weight excluding hydrogens is 386 g/mol. The highest BCUT2D eigenvalue weighted by molar-refractivity contribution is 7.10. The van der Waals surface area contributed by atoms with Crippen LogP contribution in [0.25, 0.3) is 11.1 Å². The van der Waals surface area contributed by atoms with E-state index in [-0.39, 0.29) is 19.0 Å². The van der Waals surface area contributed by atoms with E-state index in [1.165, 1.54) is 29.9 Å². The Morgan fingerprint density at radius 2 is 1.93 bits per heavy atom. The highest BCUT2D eigenvalue weighted by atomic mass is 32.1. The highest BCUT2D eigenvalue weighted by Gasteiger charge is 2.19. The maximum Gasteiger partial charge on any atom is 0.305 e. The van der Waals surface area contributed by atoms with Gasteiger partial charge in [0.25, 0.3) is 0 Å². The van der Waals surface area contributed by atoms with Crippen molar-refractivity contribution in [3.8, 4) is 16.9 Å². The summed E-state index contributed by atoms with van der Waals surface area (Å²) in [7, 11) is 0. The lowest BCUT2D eigenvalue weighted by molar-refractivity contribution is -0.143. The molecule has 0 atom stereocenters. The second kappa shape index (κ2) is 9.98. The predicted octanol–water partition coefficient (Wildman–Crippen LogP) is 5.48. The first kappa shape index (κ1) is 20.7. The zero-order valence-corrected chi connectivity index (χ0v) is 16.7. The van der Waals surface area contributed by atoms with Crippen LogP contribution in [0.2, 0.25) is 0 Å². The van der Waals surface area contributed by atoms with E-state index >= 15 is 0 Å². The Morgan fingerprint density at radius 1 is 1.18 bits per heavy atom. The third-order valence-corrected chi connectivity index (χ3v) is 5.49. The molecule has 1 fully saturated rings. The molecule has 28 heavy (non-hydrogen) atoms. The van der Waals surface area contributed by atoms with Crippen LogP contribution in [-0.4, -0.2) is 25.3 Å². The Morgan fingerprint density at radius 3 is 2.57 bits per heavy atom. The topological polar surface area (TPSA) is 44.8 Å². The Bertz CT molecular complexity index is 778. The molecule has 1 aliphatic carbocycles. The molecule has 0 bridgehead atoms. The number of carbonyl (C=O) groups excluding carboxylic acids is 1. The van der Waals surface area contributed by atoms with Gasteiger partial charge in [-0.2, -0.15) is 0 Å². The fourth-order valence-electron chi connectivity index (χ4n) is 2.83. The third-order valence-electron chi connectivity index (χ3n) is 4.58. The molecule has 1 aromatic carbocycles. The summed E-state index contributed by atoms with van der Waals surface area (Å²) in [5, 5.41) is 1.87. The average Bonchev–Trinajstić information content (AvgIpc) is 3.08. The molecule has 1 saturated carbocycles. The average molecular weight is 410 g/mol. The minimum absolute atomic E-state index is 0.0348. The van der Waals surface area contributed by atoms with Crippen molar-refractivity contribution in [1.82, 2.24) is 0 Å². The lowest BCUT2D eigenvalue weighted by Gasteiger charge is -2.25. The molecule has 0 spiro atoms. The maximum atomic E-state index is 14.3. The lowest BCUT2D eigenvalue weighted by atomic mass is 9.96. The second-order valence-corrected chi connectivity index (χ2v) is 7.69. The summed E-state index contributed by atoms with van der Waals surface area (Å²) in [4.78, 5) is 12.3. The molecule has 0 radical (unpaired) electrons. The first-order chi connectivity index (χ1) is 13.6. The van der Waals surface area contributed by atoms with Crippen molar-refractivity contribution in [2.24, 2.45) is 0 Å². The van der Waals surface area contributed by atoms with Gasteiger partial charge in [-0.25, -0.2) is 8.78 Å². The van der Waals surface area contributed by atoms with Gasteiger partial charge in [-0.3, -0.25) is 4.79 Å². The van der Waals surface area contributed by atoms with Gasteiger partial charge in [0, 0.05) is 11.3 Å². The van der Waals surface area contributed by atoms with E-state index < -0.39 is 17.4 Å². The molecule has 4 nitrogen and oxygen atoms in total. The zero-order valence-electron chi connectivity index (χ0n) is 15.8. The number of thiophene rings is 1. The summed E-state index contributed by atoms with van der Waals surface area (Å²) < 4.78 is 44.5. The summed E-state index contributed by atoms with van der Waals surface area (Å²) in [5.74, 6) is -2.29. The monoisotopic (exact) mass is 410 g/mol. The highest BCUT2D eigenvalue weighted by Crippen LogP contribution is 2.32. The molecule has 0 saturated heterocycles. The van der Waals surface area contributed by atoms with E-state index in [1.807, 2.05) is 11.4 Å². The predicted molar refractivity (Wildman–Crippen MR) is 103 cm³/mol. The van der Waals surface area contributed by atoms with Gasteiger partial charge in [0.05, 0.1) is 25.9 Å². The van der Waals surface area contributed by atoms with E-state index in [4.69, 9.17) is 14.2 Å². The molecule has 7 heteroatoms. The Labute approximate surface area is 167 Å². The van der Waals surface area contributed by atoms with E-state index in [0.29, 0.717) is 31.3 Å². The summed E-state index contributed by atoms with van der Waals surface area (Å²) in [6.45, 7) is 2.59. The minimum atomic E-state index is -0.760. The summed E-state index contributed by atoms with van der Waals surface area (Å²) >= 11 is 1.52. The molecule has 0 amide bonds. The van der Waals surface area contributed by atoms with Crippen molar-refractivity contribution in [2.45, 2.75) is 51.7 Å². The van der Waals surface area contributed by atoms with Crippen LogP contribution in [0.1, 0.15) is 43.9 Å². The van der Waals surface area contributed by atoms with Gasteiger partial charge in [-0.05, 0) is 67.3 Å². The van der Waals surface area contributed by atoms with Gasteiger partial charge in [-0.15, -0.1) is 11.3 Å². The Kier molecular flexibility index (Phi) is 7.39. The molecule has 3 rings (SSSR count). The molecular formula is C21H24F2O4S. The molecule has 1 aromatic heterocycles. The number of hydrogen-bond donors (Lipinski definition) is 0. The molecule has 1 heterocycles. The van der Waals surface area contributed by atoms with Gasteiger partial charge < -0.3 is 14.2 Å². The fourth-order valence-corrected chi connectivity index (χ4v) is 3.65. The molecule has 1 aliphatic rings. The fraction of sp³-hybridized carbons (Fsp3) is 0.476. The molecule has 2 aromatic rings. The first-order valence-electron chi connectivity index (χ1n) is 9.53. The van der Waals surface area contributed by atoms with Crippen LogP contribution in [0.15, 0.2) is 23.6 Å². The van der Waals surface area contributed by atoms with E-state index in [9.17, 15) is 13.6 Å². The van der Waals surface area contributed by atoms with Crippen molar-refractivity contribution in [1.29, 1.82) is 0 Å². The smallest absolute Gasteiger partial charge is 0.305 e. The van der Waals surface area contributed by atoms with Crippen LogP contribution in [0.4, 0.5) is 8.78 Å². The third kappa shape index (κ3) is 5.52. The standard InChI is InChI=1S/C21H24F2O4S/c1-2-25-20(24)7-4-8-26-21-18(22)10-14(11-19(21)23)15-9-17(28-13-15)12-27-16-5-3-6-16/h9-11,13,16H,2-8,12H2,1H3. The summed E-state index contributed by atoms with van der Waals surface area (Å²) in [6, 6.07) is 4.43. The van der Waals surface area contributed by atoms with Gasteiger partial charge in [0.2, 0.25) is 0 Å². The lowest BCUT2D eigenvalue weighted by Crippen LogP contribution is -2.20. The van der Waals surface area contributed by atoms with Crippen LogP contribution >= 0.6 is 11.3 Å². The second-order valence-electron chi connectivity index (χ2n) is 6.69. The summed E-state index contributed by atoms with van der Waals surface area (Å²) in [5.41, 5.74) is 1.21. The van der Waals surface area contributed by atoms with E-state index in [0.717, 1.165) is 23.3 Å². The SMILES string of the molecule is CCOC(=O)CCCOc1c(F)cc(-c2csc(COC3CCC3)c2)cc1F. The van der Waals surface area contributed by atoms with Crippen molar-refractivity contribution in [2.75, 3.05) is 13.2 Å². The molecule has 152 valence electrons. The van der Waals surface area contributed by atoms with Crippen LogP contribution in [-0.2, 0) is 20.9 Å². The van der Waals surface area contributed by atoms with Crippen molar-refractivity contribution in [3.63, 3.8) is 0 Å². The number of rotatable bonds is 10. The minimum Gasteiger partial charge on any atom is -0.488 e. The number of halogens is 2. The van der Waals surface area contributed by atoms with Gasteiger partial charge in [0.15, 0.2) is 17.4 Å². The van der Waals surface area contributed by atoms with Gasteiger partial charge in [-0.1, -0.05) is 0 Å². The van der Waals surface area contributed by atoms with Gasteiger partial charge in [0.1, 0.15) is 0 Å². The van der Waals surface area contributed by atoms with E-state index in [1.54, 1.807) is 6.92 Å². The van der Waals surface area contributed by atoms with Crippen molar-refractivity contribution in [3.05, 3.63) is 40.1 Å². The maximum absolute atomic E-state index is 14.3. The number of hydrogen-bond acceptors (Lipinski definition) is 5. The Balaban J connectivity index is 1.56. The normalized spacial score (nSPS) is 14.0. The largest absolute Gasteiger partial charge is 0.488 e. The number of benzene rings is 1. The van der Waals surface area contributed by atoms with Crippen molar-refractivity contribution >= 4 is 17.3 Å². The van der Waals surface area contributed by atoms with Crippen LogP contribution in [0.3, 0.4) is 0 Å². The van der Waals surface area contributed by atoms with Crippen molar-refractivity contribution < 1.29 is 27.8 Å². The zero-order chi connectivity index (χ0) is 19.9. The van der Waals surface area contributed by atoms with Crippen LogP contribution in [0, 0.1) is 11.6 Å². The summed E-state index contributed by atoms with van der Waals surface area (Å²) in [6.07, 6.45) is 4.26. The number of ether oxygens (including phenoxy) is 3. The molecule has 0 aliphatic heterocycles. The first-order valence-corrected chi connectivity index (χ1v) is 10.4. The Hall–Kier alpha value is -1.99. The molecule has 0 N–H and O–H groups in total. The van der Waals surface area contributed by atoms with Crippen LogP contribution < -0.4 is 4.74 Å².